The highest BCUT2D eigenvalue weighted by Gasteiger charge is 2.26. The highest BCUT2D eigenvalue weighted by atomic mass is 32.1. The zero-order valence-electron chi connectivity index (χ0n) is 17.8. The van der Waals surface area contributed by atoms with Gasteiger partial charge in [-0.25, -0.2) is 0 Å². The summed E-state index contributed by atoms with van der Waals surface area (Å²) in [6.07, 6.45) is 3.25. The number of amides is 1. The molecule has 1 aromatic carbocycles. The third kappa shape index (κ3) is 4.96. The molecule has 30 heavy (non-hydrogen) atoms. The van der Waals surface area contributed by atoms with E-state index in [9.17, 15) is 4.79 Å². The van der Waals surface area contributed by atoms with Crippen LogP contribution in [0.3, 0.4) is 0 Å². The highest BCUT2D eigenvalue weighted by Crippen LogP contribution is 2.33. The monoisotopic (exact) mass is 430 g/mol. The van der Waals surface area contributed by atoms with Gasteiger partial charge in [0, 0.05) is 37.7 Å². The molecule has 4 rings (SSSR count). The van der Waals surface area contributed by atoms with Gasteiger partial charge in [-0.05, 0) is 54.0 Å². The Morgan fingerprint density at radius 2 is 2.07 bits per heavy atom. The Morgan fingerprint density at radius 1 is 1.27 bits per heavy atom. The number of ether oxygens (including phenoxy) is 3. The summed E-state index contributed by atoms with van der Waals surface area (Å²) < 4.78 is 16.7. The first-order chi connectivity index (χ1) is 14.7. The highest BCUT2D eigenvalue weighted by molar-refractivity contribution is 7.09. The molecule has 1 amide bonds. The van der Waals surface area contributed by atoms with Crippen molar-refractivity contribution < 1.29 is 19.0 Å². The van der Waals surface area contributed by atoms with Gasteiger partial charge in [-0.1, -0.05) is 6.07 Å². The standard InChI is InChI=1S/C23H30N2O4S/c1-27-21-11-17-7-8-25(13-18(17)12-22(21)28-2)23(26)16-24(14-19-5-3-9-29-19)15-20-6-4-10-30-20/h4,6,10-12,19H,3,5,7-9,13-16H2,1-2H3/t19-/m0/s1. The van der Waals surface area contributed by atoms with Gasteiger partial charge >= 0.3 is 0 Å². The average Bonchev–Trinajstić information content (AvgIpc) is 3.46. The molecule has 1 saturated heterocycles. The Kier molecular flexibility index (Phi) is 6.92. The van der Waals surface area contributed by atoms with Gasteiger partial charge in [0.25, 0.3) is 0 Å². The van der Waals surface area contributed by atoms with Crippen LogP contribution in [-0.4, -0.2) is 62.3 Å². The van der Waals surface area contributed by atoms with Crippen molar-refractivity contribution in [1.82, 2.24) is 9.80 Å². The summed E-state index contributed by atoms with van der Waals surface area (Å²) in [6, 6.07) is 8.24. The van der Waals surface area contributed by atoms with Crippen molar-refractivity contribution >= 4 is 17.2 Å². The van der Waals surface area contributed by atoms with Gasteiger partial charge in [0.15, 0.2) is 11.5 Å². The molecule has 0 unspecified atom stereocenters. The fourth-order valence-corrected chi connectivity index (χ4v) is 5.02. The van der Waals surface area contributed by atoms with E-state index in [2.05, 4.69) is 22.4 Å². The van der Waals surface area contributed by atoms with E-state index in [-0.39, 0.29) is 12.0 Å². The molecule has 2 aliphatic heterocycles. The minimum Gasteiger partial charge on any atom is -0.493 e. The minimum atomic E-state index is 0.171. The molecule has 1 fully saturated rings. The SMILES string of the molecule is COc1cc2c(cc1OC)CN(C(=O)CN(Cc1cccs1)C[C@@H]1CCCO1)CC2. The molecule has 0 bridgehead atoms. The first-order valence-electron chi connectivity index (χ1n) is 10.5. The lowest BCUT2D eigenvalue weighted by Crippen LogP contribution is -2.44. The number of hydrogen-bond donors (Lipinski definition) is 0. The molecule has 1 atom stereocenters. The largest absolute Gasteiger partial charge is 0.493 e. The summed E-state index contributed by atoms with van der Waals surface area (Å²) in [5.41, 5.74) is 2.36. The Hall–Kier alpha value is -2.09. The predicted octanol–water partition coefficient (Wildman–Crippen LogP) is 3.33. The number of carbonyl (C=O) groups is 1. The Morgan fingerprint density at radius 3 is 2.73 bits per heavy atom. The van der Waals surface area contributed by atoms with E-state index in [0.29, 0.717) is 18.8 Å². The van der Waals surface area contributed by atoms with E-state index < -0.39 is 0 Å². The number of nitrogens with zero attached hydrogens (tertiary/aromatic N) is 2. The van der Waals surface area contributed by atoms with E-state index in [1.165, 1.54) is 10.4 Å². The molecule has 0 saturated carbocycles. The van der Waals surface area contributed by atoms with Crippen LogP contribution >= 0.6 is 11.3 Å². The van der Waals surface area contributed by atoms with Crippen molar-refractivity contribution in [2.24, 2.45) is 0 Å². The third-order valence-electron chi connectivity index (χ3n) is 5.87. The first kappa shape index (κ1) is 21.2. The van der Waals surface area contributed by atoms with Crippen LogP contribution in [-0.2, 0) is 29.0 Å². The summed E-state index contributed by atoms with van der Waals surface area (Å²) in [5.74, 6) is 1.63. The summed E-state index contributed by atoms with van der Waals surface area (Å²) >= 11 is 1.74. The zero-order chi connectivity index (χ0) is 20.9. The fraction of sp³-hybridized carbons (Fsp3) is 0.522. The molecule has 2 aromatic rings. The summed E-state index contributed by atoms with van der Waals surface area (Å²) in [5, 5.41) is 2.09. The van der Waals surface area contributed by atoms with Crippen molar-refractivity contribution in [3.63, 3.8) is 0 Å². The number of benzene rings is 1. The number of rotatable bonds is 8. The van der Waals surface area contributed by atoms with Crippen molar-refractivity contribution in [3.05, 3.63) is 45.6 Å². The molecule has 2 aliphatic rings. The Bertz CT molecular complexity index is 849. The quantitative estimate of drug-likeness (QED) is 0.643. The topological polar surface area (TPSA) is 51.2 Å². The molecule has 1 aromatic heterocycles. The van der Waals surface area contributed by atoms with Gasteiger partial charge < -0.3 is 19.1 Å². The lowest BCUT2D eigenvalue weighted by Gasteiger charge is -2.32. The summed E-state index contributed by atoms with van der Waals surface area (Å²) in [4.78, 5) is 18.7. The van der Waals surface area contributed by atoms with Crippen LogP contribution in [0.2, 0.25) is 0 Å². The van der Waals surface area contributed by atoms with Gasteiger partial charge in [-0.3, -0.25) is 9.69 Å². The lowest BCUT2D eigenvalue weighted by atomic mass is 9.98. The van der Waals surface area contributed by atoms with E-state index in [0.717, 1.165) is 56.8 Å². The van der Waals surface area contributed by atoms with Crippen LogP contribution in [0.1, 0.15) is 28.8 Å². The molecule has 7 heteroatoms. The first-order valence-corrected chi connectivity index (χ1v) is 11.4. The van der Waals surface area contributed by atoms with E-state index in [1.807, 2.05) is 17.0 Å². The second-order valence-electron chi connectivity index (χ2n) is 7.93. The summed E-state index contributed by atoms with van der Waals surface area (Å²) in [6.45, 7) is 4.19. The maximum absolute atomic E-state index is 13.2. The number of fused-ring (bicyclic) bond motifs is 1. The van der Waals surface area contributed by atoms with E-state index in [4.69, 9.17) is 14.2 Å². The Balaban J connectivity index is 1.43. The van der Waals surface area contributed by atoms with Crippen LogP contribution in [0.25, 0.3) is 0 Å². The molecule has 162 valence electrons. The average molecular weight is 431 g/mol. The predicted molar refractivity (Wildman–Crippen MR) is 117 cm³/mol. The Labute approximate surface area is 182 Å². The molecular formula is C23H30N2O4S. The molecule has 6 nitrogen and oxygen atoms in total. The maximum atomic E-state index is 13.2. The van der Waals surface area contributed by atoms with Gasteiger partial charge in [0.2, 0.25) is 5.91 Å². The van der Waals surface area contributed by atoms with Gasteiger partial charge in [0.05, 0.1) is 26.9 Å². The molecule has 0 N–H and O–H groups in total. The van der Waals surface area contributed by atoms with Crippen molar-refractivity contribution in [2.45, 2.75) is 38.5 Å². The normalized spacial score (nSPS) is 18.5. The molecular weight excluding hydrogens is 400 g/mol. The van der Waals surface area contributed by atoms with Crippen LogP contribution in [0.5, 0.6) is 11.5 Å². The van der Waals surface area contributed by atoms with Crippen molar-refractivity contribution in [1.29, 1.82) is 0 Å². The molecule has 0 radical (unpaired) electrons. The molecule has 0 aliphatic carbocycles. The zero-order valence-corrected chi connectivity index (χ0v) is 18.6. The van der Waals surface area contributed by atoms with Crippen LogP contribution < -0.4 is 9.47 Å². The van der Waals surface area contributed by atoms with Gasteiger partial charge in [-0.2, -0.15) is 0 Å². The van der Waals surface area contributed by atoms with Crippen molar-refractivity contribution in [3.8, 4) is 11.5 Å². The van der Waals surface area contributed by atoms with E-state index in [1.54, 1.807) is 25.6 Å². The minimum absolute atomic E-state index is 0.171. The summed E-state index contributed by atoms with van der Waals surface area (Å²) in [7, 11) is 3.29. The molecule has 0 spiro atoms. The van der Waals surface area contributed by atoms with E-state index >= 15 is 0 Å². The maximum Gasteiger partial charge on any atom is 0.237 e. The second kappa shape index (κ2) is 9.81. The van der Waals surface area contributed by atoms with Gasteiger partial charge in [-0.15, -0.1) is 11.3 Å². The lowest BCUT2D eigenvalue weighted by molar-refractivity contribution is -0.133. The number of thiophene rings is 1. The second-order valence-corrected chi connectivity index (χ2v) is 8.96. The number of hydrogen-bond acceptors (Lipinski definition) is 6. The van der Waals surface area contributed by atoms with Crippen LogP contribution in [0.4, 0.5) is 0 Å². The smallest absolute Gasteiger partial charge is 0.237 e. The van der Waals surface area contributed by atoms with Crippen LogP contribution in [0.15, 0.2) is 29.6 Å². The van der Waals surface area contributed by atoms with Crippen molar-refractivity contribution in [2.75, 3.05) is 40.5 Å². The number of carbonyl (C=O) groups excluding carboxylic acids is 1. The van der Waals surface area contributed by atoms with Crippen LogP contribution in [0, 0.1) is 0 Å². The fourth-order valence-electron chi connectivity index (χ4n) is 4.27. The number of methoxy groups -OCH3 is 2. The third-order valence-corrected chi connectivity index (χ3v) is 6.74. The molecule has 3 heterocycles. The van der Waals surface area contributed by atoms with Gasteiger partial charge in [0.1, 0.15) is 0 Å².